The lowest BCUT2D eigenvalue weighted by molar-refractivity contribution is 0.196. The summed E-state index contributed by atoms with van der Waals surface area (Å²) >= 11 is 1.68. The lowest BCUT2D eigenvalue weighted by Gasteiger charge is -2.40. The lowest BCUT2D eigenvalue weighted by atomic mass is 9.75. The number of thiazole rings is 1. The van der Waals surface area contributed by atoms with Crippen LogP contribution in [0.15, 0.2) is 5.38 Å². The van der Waals surface area contributed by atoms with Crippen molar-refractivity contribution in [1.82, 2.24) is 10.3 Å². The van der Waals surface area contributed by atoms with E-state index in [0.717, 1.165) is 5.13 Å². The summed E-state index contributed by atoms with van der Waals surface area (Å²) in [6, 6.07) is 0. The molecule has 3 nitrogen and oxygen atoms in total. The molecule has 1 saturated carbocycles. The SMILES string of the molecule is CNc1nc(C2(NC)CCC2)cs1. The Morgan fingerprint density at radius 1 is 1.46 bits per heavy atom. The third kappa shape index (κ3) is 1.34. The van der Waals surface area contributed by atoms with Crippen LogP contribution >= 0.6 is 11.3 Å². The molecule has 1 aliphatic carbocycles. The predicted octanol–water partition coefficient (Wildman–Crippen LogP) is 1.78. The molecule has 72 valence electrons. The van der Waals surface area contributed by atoms with E-state index in [4.69, 9.17) is 0 Å². The first kappa shape index (κ1) is 8.97. The largest absolute Gasteiger partial charge is 0.365 e. The second-order valence-electron chi connectivity index (χ2n) is 3.47. The van der Waals surface area contributed by atoms with E-state index in [9.17, 15) is 0 Å². The summed E-state index contributed by atoms with van der Waals surface area (Å²) in [5.74, 6) is 0. The zero-order valence-corrected chi connectivity index (χ0v) is 8.87. The Labute approximate surface area is 82.6 Å². The molecule has 0 bridgehead atoms. The summed E-state index contributed by atoms with van der Waals surface area (Å²) in [6.07, 6.45) is 3.75. The van der Waals surface area contributed by atoms with E-state index in [0.29, 0.717) is 0 Å². The first-order valence-corrected chi connectivity index (χ1v) is 5.51. The summed E-state index contributed by atoms with van der Waals surface area (Å²) in [6.45, 7) is 0. The van der Waals surface area contributed by atoms with Crippen LogP contribution in [0.25, 0.3) is 0 Å². The van der Waals surface area contributed by atoms with E-state index in [1.54, 1.807) is 11.3 Å². The fourth-order valence-electron chi connectivity index (χ4n) is 1.77. The third-order valence-electron chi connectivity index (χ3n) is 2.89. The van der Waals surface area contributed by atoms with Crippen molar-refractivity contribution in [3.8, 4) is 0 Å². The fraction of sp³-hybridized carbons (Fsp3) is 0.667. The molecule has 2 N–H and O–H groups in total. The Bertz CT molecular complexity index is 285. The standard InChI is InChI=1S/C9H15N3S/c1-10-8-12-7(6-13-8)9(11-2)4-3-5-9/h6,11H,3-5H2,1-2H3,(H,10,12). The third-order valence-corrected chi connectivity index (χ3v) is 3.75. The normalized spacial score (nSPS) is 19.5. The van der Waals surface area contributed by atoms with E-state index in [1.807, 2.05) is 14.1 Å². The van der Waals surface area contributed by atoms with Gasteiger partial charge in [-0.2, -0.15) is 0 Å². The summed E-state index contributed by atoms with van der Waals surface area (Å²) in [5.41, 5.74) is 1.39. The highest BCUT2D eigenvalue weighted by molar-refractivity contribution is 7.13. The van der Waals surface area contributed by atoms with E-state index in [2.05, 4.69) is 21.0 Å². The lowest BCUT2D eigenvalue weighted by Crippen LogP contribution is -2.46. The van der Waals surface area contributed by atoms with Gasteiger partial charge in [0.15, 0.2) is 5.13 Å². The van der Waals surface area contributed by atoms with Gasteiger partial charge in [-0.05, 0) is 26.3 Å². The van der Waals surface area contributed by atoms with Crippen molar-refractivity contribution in [2.24, 2.45) is 0 Å². The minimum absolute atomic E-state index is 0.186. The second kappa shape index (κ2) is 3.27. The van der Waals surface area contributed by atoms with Crippen LogP contribution in [0.1, 0.15) is 25.0 Å². The zero-order chi connectivity index (χ0) is 9.31. The number of hydrogen-bond donors (Lipinski definition) is 2. The van der Waals surface area contributed by atoms with Crippen LogP contribution in [0.2, 0.25) is 0 Å². The Kier molecular flexibility index (Phi) is 2.26. The van der Waals surface area contributed by atoms with Crippen molar-refractivity contribution in [2.45, 2.75) is 24.8 Å². The number of rotatable bonds is 3. The molecule has 0 aliphatic heterocycles. The van der Waals surface area contributed by atoms with E-state index in [-0.39, 0.29) is 5.54 Å². The van der Waals surface area contributed by atoms with Gasteiger partial charge in [0.25, 0.3) is 0 Å². The number of nitrogens with zero attached hydrogens (tertiary/aromatic N) is 1. The Morgan fingerprint density at radius 2 is 2.23 bits per heavy atom. The molecule has 1 aromatic heterocycles. The molecule has 0 unspecified atom stereocenters. The summed E-state index contributed by atoms with van der Waals surface area (Å²) in [4.78, 5) is 4.54. The van der Waals surface area contributed by atoms with E-state index >= 15 is 0 Å². The van der Waals surface area contributed by atoms with Crippen LogP contribution in [0.4, 0.5) is 5.13 Å². The quantitative estimate of drug-likeness (QED) is 0.775. The zero-order valence-electron chi connectivity index (χ0n) is 8.05. The highest BCUT2D eigenvalue weighted by Gasteiger charge is 2.38. The summed E-state index contributed by atoms with van der Waals surface area (Å²) < 4.78 is 0. The van der Waals surface area contributed by atoms with Crippen molar-refractivity contribution in [3.63, 3.8) is 0 Å². The van der Waals surface area contributed by atoms with Crippen LogP contribution in [-0.2, 0) is 5.54 Å². The Hall–Kier alpha value is -0.610. The molecular weight excluding hydrogens is 182 g/mol. The van der Waals surface area contributed by atoms with Gasteiger partial charge in [-0.15, -0.1) is 11.3 Å². The van der Waals surface area contributed by atoms with Crippen molar-refractivity contribution in [3.05, 3.63) is 11.1 Å². The van der Waals surface area contributed by atoms with Gasteiger partial charge in [-0.3, -0.25) is 0 Å². The first-order valence-electron chi connectivity index (χ1n) is 4.63. The smallest absolute Gasteiger partial charge is 0.182 e. The van der Waals surface area contributed by atoms with Crippen LogP contribution in [-0.4, -0.2) is 19.1 Å². The van der Waals surface area contributed by atoms with Crippen molar-refractivity contribution in [2.75, 3.05) is 19.4 Å². The molecule has 0 aromatic carbocycles. The summed E-state index contributed by atoms with van der Waals surface area (Å²) in [5, 5.41) is 9.62. The van der Waals surface area contributed by atoms with Gasteiger partial charge >= 0.3 is 0 Å². The highest BCUT2D eigenvalue weighted by Crippen LogP contribution is 2.41. The molecule has 1 fully saturated rings. The Balaban J connectivity index is 2.23. The maximum atomic E-state index is 4.54. The number of nitrogens with one attached hydrogen (secondary N) is 2. The highest BCUT2D eigenvalue weighted by atomic mass is 32.1. The molecule has 13 heavy (non-hydrogen) atoms. The van der Waals surface area contributed by atoms with Crippen LogP contribution in [0.5, 0.6) is 0 Å². The topological polar surface area (TPSA) is 37.0 Å². The molecular formula is C9H15N3S. The van der Waals surface area contributed by atoms with Crippen molar-refractivity contribution in [1.29, 1.82) is 0 Å². The first-order chi connectivity index (χ1) is 6.30. The van der Waals surface area contributed by atoms with Gasteiger partial charge in [0.05, 0.1) is 11.2 Å². The molecule has 0 saturated heterocycles. The van der Waals surface area contributed by atoms with Crippen molar-refractivity contribution < 1.29 is 0 Å². The number of aromatic nitrogens is 1. The van der Waals surface area contributed by atoms with Gasteiger partial charge < -0.3 is 10.6 Å². The van der Waals surface area contributed by atoms with Crippen LogP contribution < -0.4 is 10.6 Å². The molecule has 0 radical (unpaired) electrons. The molecule has 0 spiro atoms. The van der Waals surface area contributed by atoms with Crippen LogP contribution in [0, 0.1) is 0 Å². The number of anilines is 1. The average molecular weight is 197 g/mol. The molecule has 0 amide bonds. The second-order valence-corrected chi connectivity index (χ2v) is 4.33. The Morgan fingerprint density at radius 3 is 2.62 bits per heavy atom. The molecule has 1 aromatic rings. The monoisotopic (exact) mass is 197 g/mol. The molecule has 2 rings (SSSR count). The van der Waals surface area contributed by atoms with E-state index in [1.165, 1.54) is 25.0 Å². The minimum atomic E-state index is 0.186. The maximum Gasteiger partial charge on any atom is 0.182 e. The fourth-order valence-corrected chi connectivity index (χ4v) is 2.54. The number of hydrogen-bond acceptors (Lipinski definition) is 4. The predicted molar refractivity (Wildman–Crippen MR) is 56.2 cm³/mol. The van der Waals surface area contributed by atoms with Gasteiger partial charge in [0.1, 0.15) is 0 Å². The maximum absolute atomic E-state index is 4.54. The molecule has 1 heterocycles. The van der Waals surface area contributed by atoms with Crippen molar-refractivity contribution >= 4 is 16.5 Å². The molecule has 4 heteroatoms. The minimum Gasteiger partial charge on any atom is -0.365 e. The average Bonchev–Trinajstić information content (AvgIpc) is 2.52. The van der Waals surface area contributed by atoms with Crippen LogP contribution in [0.3, 0.4) is 0 Å². The van der Waals surface area contributed by atoms with Gasteiger partial charge in [0.2, 0.25) is 0 Å². The van der Waals surface area contributed by atoms with E-state index < -0.39 is 0 Å². The van der Waals surface area contributed by atoms with Gasteiger partial charge in [-0.1, -0.05) is 0 Å². The van der Waals surface area contributed by atoms with Gasteiger partial charge in [-0.25, -0.2) is 4.98 Å². The summed E-state index contributed by atoms with van der Waals surface area (Å²) in [7, 11) is 3.94. The molecule has 0 atom stereocenters. The van der Waals surface area contributed by atoms with Gasteiger partial charge in [0, 0.05) is 12.4 Å². The molecule has 1 aliphatic rings.